The predicted octanol–water partition coefficient (Wildman–Crippen LogP) is 2.39. The molecular formula is C25H23N5O7. The summed E-state index contributed by atoms with van der Waals surface area (Å²) in [4.78, 5) is 45.9. The molecule has 0 spiro atoms. The molecule has 12 heteroatoms. The fourth-order valence-electron chi connectivity index (χ4n) is 4.36. The van der Waals surface area contributed by atoms with Crippen LogP contribution in [0.5, 0.6) is 0 Å². The maximum absolute atomic E-state index is 12.8. The third kappa shape index (κ3) is 4.65. The van der Waals surface area contributed by atoms with Gasteiger partial charge in [0.05, 0.1) is 28.2 Å². The molecule has 1 aliphatic heterocycles. The second kappa shape index (κ2) is 9.95. The van der Waals surface area contributed by atoms with Crippen LogP contribution in [0.3, 0.4) is 0 Å². The van der Waals surface area contributed by atoms with Crippen LogP contribution in [0.2, 0.25) is 0 Å². The topological polar surface area (TPSA) is 169 Å². The van der Waals surface area contributed by atoms with Gasteiger partial charge in [-0.3, -0.25) is 25.0 Å². The molecule has 3 heterocycles. The number of aromatic nitrogens is 2. The Morgan fingerprint density at radius 3 is 2.08 bits per heavy atom. The number of fused-ring (bicyclic) bond motifs is 2. The predicted molar refractivity (Wildman–Crippen MR) is 136 cm³/mol. The van der Waals surface area contributed by atoms with Gasteiger partial charge in [-0.1, -0.05) is 18.2 Å². The quantitative estimate of drug-likeness (QED) is 0.183. The molecule has 4 aromatic rings. The first-order chi connectivity index (χ1) is 17.6. The molecule has 0 bridgehead atoms. The first kappa shape index (κ1) is 25.1. The Bertz CT molecular complexity index is 1610. The van der Waals surface area contributed by atoms with E-state index in [2.05, 4.69) is 5.32 Å². The van der Waals surface area contributed by atoms with Gasteiger partial charge in [0.1, 0.15) is 0 Å². The molecule has 0 saturated carbocycles. The van der Waals surface area contributed by atoms with Gasteiger partial charge in [-0.2, -0.15) is 0 Å². The minimum atomic E-state index is -1.10. The number of nitrogens with one attached hydrogen (secondary N) is 2. The Labute approximate surface area is 209 Å². The van der Waals surface area contributed by atoms with Crippen LogP contribution < -0.4 is 10.6 Å². The van der Waals surface area contributed by atoms with Crippen molar-refractivity contribution in [2.45, 2.75) is 0 Å². The van der Waals surface area contributed by atoms with Gasteiger partial charge in [0, 0.05) is 72.6 Å². The van der Waals surface area contributed by atoms with E-state index in [1.165, 1.54) is 12.1 Å². The lowest BCUT2D eigenvalue weighted by Crippen LogP contribution is -2.23. The van der Waals surface area contributed by atoms with Gasteiger partial charge in [0.15, 0.2) is 0 Å². The van der Waals surface area contributed by atoms with Crippen LogP contribution in [-0.4, -0.2) is 55.3 Å². The summed E-state index contributed by atoms with van der Waals surface area (Å²) in [6.45, 7) is -0.0400. The van der Waals surface area contributed by atoms with E-state index >= 15 is 0 Å². The van der Waals surface area contributed by atoms with Crippen molar-refractivity contribution in [1.82, 2.24) is 19.8 Å². The zero-order valence-corrected chi connectivity index (χ0v) is 19.9. The number of imide groups is 1. The van der Waals surface area contributed by atoms with Gasteiger partial charge in [0.25, 0.3) is 17.5 Å². The molecule has 2 aromatic carbocycles. The minimum Gasteiger partial charge on any atom is -0.465 e. The average Bonchev–Trinajstić information content (AvgIpc) is 3.47. The molecule has 0 saturated heterocycles. The summed E-state index contributed by atoms with van der Waals surface area (Å²) in [6, 6.07) is 12.1. The Kier molecular flexibility index (Phi) is 6.76. The third-order valence-electron chi connectivity index (χ3n) is 5.94. The number of hydrogen-bond donors (Lipinski definition) is 4. The lowest BCUT2D eigenvalue weighted by Gasteiger charge is -2.03. The lowest BCUT2D eigenvalue weighted by molar-refractivity contribution is -0.384. The van der Waals surface area contributed by atoms with Gasteiger partial charge in [-0.25, -0.2) is 4.79 Å². The van der Waals surface area contributed by atoms with Crippen LogP contribution >= 0.6 is 0 Å². The molecule has 37 heavy (non-hydrogen) atoms. The highest BCUT2D eigenvalue weighted by molar-refractivity contribution is 6.50. The van der Waals surface area contributed by atoms with Crippen molar-refractivity contribution in [3.63, 3.8) is 0 Å². The van der Waals surface area contributed by atoms with Gasteiger partial charge in [-0.05, 0) is 12.1 Å². The van der Waals surface area contributed by atoms with Crippen LogP contribution in [0.4, 0.5) is 10.5 Å². The molecule has 12 nitrogen and oxygen atoms in total. The van der Waals surface area contributed by atoms with Crippen molar-refractivity contribution in [2.24, 2.45) is 14.1 Å². The van der Waals surface area contributed by atoms with E-state index in [1.807, 2.05) is 47.4 Å². The van der Waals surface area contributed by atoms with Crippen LogP contribution in [0.1, 0.15) is 11.1 Å². The molecule has 0 aliphatic carbocycles. The maximum Gasteiger partial charge on any atom is 0.404 e. The van der Waals surface area contributed by atoms with E-state index in [1.54, 1.807) is 23.9 Å². The molecular weight excluding hydrogens is 482 g/mol. The molecule has 0 fully saturated rings. The normalized spacial score (nSPS) is 13.1. The number of para-hydroxylation sites is 1. The largest absolute Gasteiger partial charge is 0.465 e. The zero-order chi connectivity index (χ0) is 26.9. The van der Waals surface area contributed by atoms with Gasteiger partial charge in [0.2, 0.25) is 0 Å². The average molecular weight is 505 g/mol. The second-order valence-corrected chi connectivity index (χ2v) is 8.27. The number of nitro benzene ring substituents is 1. The standard InChI is InChI=1S/C22H16N4O4.C3H7NO3/c1-24-10-15(13-5-3-4-6-17(13)24)19-20(22(28)23-21(19)27)16-11-25(2)18-9-12(26(29)30)7-8-14(16)18;5-2-1-4-3(6)7/h3-11H,1-2H3,(H,23,27,28);4-5H,1-2H2,(H,6,7). The third-order valence-corrected chi connectivity index (χ3v) is 5.94. The Balaban J connectivity index is 0.000000405. The van der Waals surface area contributed by atoms with Crippen molar-refractivity contribution < 1.29 is 29.5 Å². The second-order valence-electron chi connectivity index (χ2n) is 8.27. The molecule has 3 amide bonds. The summed E-state index contributed by atoms with van der Waals surface area (Å²) in [6.07, 6.45) is 2.47. The Morgan fingerprint density at radius 1 is 0.973 bits per heavy atom. The molecule has 0 radical (unpaired) electrons. The van der Waals surface area contributed by atoms with E-state index in [0.717, 1.165) is 10.9 Å². The molecule has 1 aliphatic rings. The number of aliphatic hydroxyl groups excluding tert-OH is 1. The summed E-state index contributed by atoms with van der Waals surface area (Å²) < 4.78 is 3.64. The van der Waals surface area contributed by atoms with Crippen molar-refractivity contribution in [1.29, 1.82) is 0 Å². The molecule has 5 rings (SSSR count). The van der Waals surface area contributed by atoms with Crippen LogP contribution in [0, 0.1) is 10.1 Å². The summed E-state index contributed by atoms with van der Waals surface area (Å²) in [5.41, 5.74) is 3.33. The summed E-state index contributed by atoms with van der Waals surface area (Å²) in [5, 5.41) is 32.9. The molecule has 0 unspecified atom stereocenters. The number of carboxylic acid groups (broad SMARTS) is 1. The van der Waals surface area contributed by atoms with E-state index in [-0.39, 0.29) is 24.4 Å². The number of rotatable bonds is 5. The van der Waals surface area contributed by atoms with Gasteiger partial charge >= 0.3 is 6.09 Å². The van der Waals surface area contributed by atoms with Gasteiger partial charge < -0.3 is 24.7 Å². The lowest BCUT2D eigenvalue weighted by atomic mass is 9.95. The van der Waals surface area contributed by atoms with Crippen molar-refractivity contribution in [3.8, 4) is 0 Å². The van der Waals surface area contributed by atoms with Gasteiger partial charge in [-0.15, -0.1) is 0 Å². The first-order valence-electron chi connectivity index (χ1n) is 11.1. The number of benzene rings is 2. The number of non-ortho nitro benzene ring substituents is 1. The van der Waals surface area contributed by atoms with Crippen molar-refractivity contribution in [3.05, 3.63) is 76.1 Å². The molecule has 2 aromatic heterocycles. The fourth-order valence-corrected chi connectivity index (χ4v) is 4.36. The highest BCUT2D eigenvalue weighted by atomic mass is 16.6. The van der Waals surface area contributed by atoms with Crippen LogP contribution in [0.15, 0.2) is 54.9 Å². The first-order valence-corrected chi connectivity index (χ1v) is 11.1. The number of nitrogens with zero attached hydrogens (tertiary/aromatic N) is 3. The monoisotopic (exact) mass is 505 g/mol. The van der Waals surface area contributed by atoms with E-state index in [0.29, 0.717) is 27.6 Å². The van der Waals surface area contributed by atoms with E-state index < -0.39 is 22.8 Å². The van der Waals surface area contributed by atoms with Crippen molar-refractivity contribution in [2.75, 3.05) is 13.2 Å². The number of aryl methyl sites for hydroxylation is 2. The summed E-state index contributed by atoms with van der Waals surface area (Å²) in [7, 11) is 3.64. The van der Waals surface area contributed by atoms with Crippen LogP contribution in [0.25, 0.3) is 33.0 Å². The number of hydrogen-bond acceptors (Lipinski definition) is 6. The molecule has 4 N–H and O–H groups in total. The number of amides is 3. The number of nitro groups is 1. The number of aliphatic hydroxyl groups is 1. The summed E-state index contributed by atoms with van der Waals surface area (Å²) >= 11 is 0. The van der Waals surface area contributed by atoms with Crippen molar-refractivity contribution >= 4 is 56.5 Å². The minimum absolute atomic E-state index is 0.0366. The van der Waals surface area contributed by atoms with Crippen LogP contribution in [-0.2, 0) is 23.7 Å². The van der Waals surface area contributed by atoms with E-state index in [4.69, 9.17) is 10.2 Å². The zero-order valence-electron chi connectivity index (χ0n) is 19.9. The Morgan fingerprint density at radius 2 is 1.54 bits per heavy atom. The maximum atomic E-state index is 12.8. The number of carbonyl (C=O) groups excluding carboxylic acids is 2. The summed E-state index contributed by atoms with van der Waals surface area (Å²) in [5.74, 6) is -0.931. The SMILES string of the molecule is Cn1cc(C2=C(c3cn(C)c4cc([N+](=O)[O-])ccc34)C(=O)NC2=O)c2ccccc21.O=C(O)NCCO. The molecule has 0 atom stereocenters. The number of carbonyl (C=O) groups is 3. The molecule has 190 valence electrons. The fraction of sp³-hybridized carbons (Fsp3) is 0.160. The highest BCUT2D eigenvalue weighted by Gasteiger charge is 2.35. The van der Waals surface area contributed by atoms with E-state index in [9.17, 15) is 24.5 Å². The smallest absolute Gasteiger partial charge is 0.404 e. The Hall–Kier alpha value is -4.97. The highest BCUT2D eigenvalue weighted by Crippen LogP contribution is 2.39.